The summed E-state index contributed by atoms with van der Waals surface area (Å²) in [7, 11) is 1.73. The van der Waals surface area contributed by atoms with E-state index in [-0.39, 0.29) is 18.3 Å². The first-order valence-electron chi connectivity index (χ1n) is 9.85. The molecule has 2 aliphatic rings. The molecule has 0 atom stereocenters. The minimum absolute atomic E-state index is 0. The summed E-state index contributed by atoms with van der Waals surface area (Å²) < 4.78 is 0. The number of halogens is 1. The van der Waals surface area contributed by atoms with E-state index in [1.165, 1.54) is 42.0 Å². The van der Waals surface area contributed by atoms with Gasteiger partial charge in [-0.05, 0) is 80.4 Å². The molecule has 0 saturated carbocycles. The maximum absolute atomic E-state index is 12.7. The van der Waals surface area contributed by atoms with E-state index in [1.807, 2.05) is 12.1 Å². The molecule has 5 nitrogen and oxygen atoms in total. The number of hydrogen-bond donors (Lipinski definition) is 2. The maximum atomic E-state index is 12.7. The summed E-state index contributed by atoms with van der Waals surface area (Å²) in [5.41, 5.74) is 3.26. The van der Waals surface area contributed by atoms with Crippen LogP contribution in [-0.4, -0.2) is 49.2 Å². The molecule has 1 aromatic carbocycles. The quantitative estimate of drug-likeness (QED) is 0.562. The van der Waals surface area contributed by atoms with Crippen molar-refractivity contribution in [3.8, 4) is 0 Å². The Morgan fingerprint density at radius 3 is 2.82 bits per heavy atom. The molecule has 1 fully saturated rings. The van der Waals surface area contributed by atoms with Crippen LogP contribution >= 0.6 is 24.2 Å². The second-order valence-electron chi connectivity index (χ2n) is 7.05. The minimum Gasteiger partial charge on any atom is -0.312 e. The highest BCUT2D eigenvalue weighted by Crippen LogP contribution is 2.22. The van der Waals surface area contributed by atoms with Crippen LogP contribution in [0.5, 0.6) is 0 Å². The van der Waals surface area contributed by atoms with Gasteiger partial charge in [0.1, 0.15) is 0 Å². The molecule has 2 N–H and O–H groups in total. The Hall–Kier alpha value is -1.34. The second kappa shape index (κ2) is 11.6. The molecule has 0 unspecified atom stereocenters. The highest BCUT2D eigenvalue weighted by Gasteiger charge is 2.16. The van der Waals surface area contributed by atoms with Gasteiger partial charge in [-0.2, -0.15) is 0 Å². The fraction of sp³-hybridized carbons (Fsp3) is 0.524. The average molecular weight is 423 g/mol. The minimum atomic E-state index is -0.0839. The van der Waals surface area contributed by atoms with Crippen molar-refractivity contribution in [2.75, 3.05) is 33.2 Å². The molecule has 1 saturated heterocycles. The second-order valence-corrected chi connectivity index (χ2v) is 8.16. The predicted octanol–water partition coefficient (Wildman–Crippen LogP) is 3.59. The van der Waals surface area contributed by atoms with E-state index in [1.54, 1.807) is 18.8 Å². The monoisotopic (exact) mass is 422 g/mol. The van der Waals surface area contributed by atoms with Gasteiger partial charge in [0.2, 0.25) is 0 Å². The molecule has 28 heavy (non-hydrogen) atoms. The van der Waals surface area contributed by atoms with Gasteiger partial charge in [-0.25, -0.2) is 0 Å². The number of carbonyl (C=O) groups is 1. The fourth-order valence-electron chi connectivity index (χ4n) is 3.57. The third-order valence-corrected chi connectivity index (χ3v) is 6.38. The highest BCUT2D eigenvalue weighted by molar-refractivity contribution is 8.17. The number of nitrogens with zero attached hydrogens (tertiary/aromatic N) is 2. The molecule has 0 aromatic heterocycles. The third kappa shape index (κ3) is 6.34. The Bertz CT molecular complexity index is 729. The maximum Gasteiger partial charge on any atom is 0.257 e. The average Bonchev–Trinajstić information content (AvgIpc) is 3.23. The molecule has 2 heterocycles. The number of hydrogen-bond acceptors (Lipinski definition) is 5. The molecular formula is C21H31ClN4OS. The normalized spacial score (nSPS) is 17.8. The van der Waals surface area contributed by atoms with E-state index in [0.29, 0.717) is 10.7 Å². The lowest BCUT2D eigenvalue weighted by Crippen LogP contribution is -2.29. The Kier molecular flexibility index (Phi) is 9.51. The lowest BCUT2D eigenvalue weighted by molar-refractivity contribution is 0.0978. The SMILES string of the molecule is C/C=C(\CCN1CCCC1)SC(=NC)NC(=O)c1ccc2c(c1)CCNC2.Cl. The van der Waals surface area contributed by atoms with Crippen LogP contribution in [0.3, 0.4) is 0 Å². The van der Waals surface area contributed by atoms with Crippen molar-refractivity contribution >= 4 is 35.2 Å². The van der Waals surface area contributed by atoms with Crippen molar-refractivity contribution < 1.29 is 4.79 Å². The summed E-state index contributed by atoms with van der Waals surface area (Å²) in [6, 6.07) is 5.98. The smallest absolute Gasteiger partial charge is 0.257 e. The lowest BCUT2D eigenvalue weighted by Gasteiger charge is -2.18. The van der Waals surface area contributed by atoms with Gasteiger partial charge < -0.3 is 15.5 Å². The van der Waals surface area contributed by atoms with Crippen molar-refractivity contribution in [2.24, 2.45) is 4.99 Å². The Labute approximate surface area is 178 Å². The van der Waals surface area contributed by atoms with Crippen LogP contribution in [0.1, 0.15) is 47.7 Å². The zero-order valence-corrected chi connectivity index (χ0v) is 18.4. The standard InChI is InChI=1S/C21H30N4OS.ClH/c1-3-19(9-13-25-11-4-5-12-25)27-21(22-2)24-20(26)17-6-7-18-15-23-10-8-16(18)14-17;/h3,6-7,14,23H,4-5,8-13,15H2,1-2H3,(H,22,24,26);1H/b19-3+;. The molecule has 0 bridgehead atoms. The first-order chi connectivity index (χ1) is 13.2. The summed E-state index contributed by atoms with van der Waals surface area (Å²) in [4.78, 5) is 20.7. The van der Waals surface area contributed by atoms with Crippen LogP contribution in [0.25, 0.3) is 0 Å². The van der Waals surface area contributed by atoms with Gasteiger partial charge in [-0.15, -0.1) is 12.4 Å². The first-order valence-corrected chi connectivity index (χ1v) is 10.7. The van der Waals surface area contributed by atoms with E-state index in [0.717, 1.165) is 32.5 Å². The van der Waals surface area contributed by atoms with Gasteiger partial charge in [-0.3, -0.25) is 9.79 Å². The van der Waals surface area contributed by atoms with Crippen LogP contribution in [-0.2, 0) is 13.0 Å². The third-order valence-electron chi connectivity index (χ3n) is 5.20. The number of amides is 1. The largest absolute Gasteiger partial charge is 0.312 e. The molecule has 1 aromatic rings. The van der Waals surface area contributed by atoms with E-state index in [4.69, 9.17) is 0 Å². The zero-order chi connectivity index (χ0) is 19.1. The molecule has 2 aliphatic heterocycles. The molecule has 1 amide bonds. The first kappa shape index (κ1) is 22.9. The molecule has 0 radical (unpaired) electrons. The van der Waals surface area contributed by atoms with E-state index in [2.05, 4.69) is 39.6 Å². The number of nitrogens with one attached hydrogen (secondary N) is 2. The van der Waals surface area contributed by atoms with Gasteiger partial charge >= 0.3 is 0 Å². The fourth-order valence-corrected chi connectivity index (χ4v) is 4.36. The van der Waals surface area contributed by atoms with E-state index in [9.17, 15) is 4.79 Å². The number of fused-ring (bicyclic) bond motifs is 1. The van der Waals surface area contributed by atoms with Gasteiger partial charge in [0, 0.05) is 25.7 Å². The van der Waals surface area contributed by atoms with Crippen molar-refractivity contribution in [3.63, 3.8) is 0 Å². The van der Waals surface area contributed by atoms with Crippen molar-refractivity contribution in [3.05, 3.63) is 45.9 Å². The molecule has 3 rings (SSSR count). The number of benzene rings is 1. The summed E-state index contributed by atoms with van der Waals surface area (Å²) >= 11 is 1.57. The molecule has 0 aliphatic carbocycles. The van der Waals surface area contributed by atoms with E-state index < -0.39 is 0 Å². The zero-order valence-electron chi connectivity index (χ0n) is 16.8. The van der Waals surface area contributed by atoms with Crippen LogP contribution < -0.4 is 10.6 Å². The number of amidine groups is 1. The number of thioether (sulfide) groups is 1. The molecular weight excluding hydrogens is 392 g/mol. The number of aliphatic imine (C=N–C) groups is 1. The van der Waals surface area contributed by atoms with Gasteiger partial charge in [0.15, 0.2) is 5.17 Å². The van der Waals surface area contributed by atoms with Gasteiger partial charge in [0.05, 0.1) is 0 Å². The van der Waals surface area contributed by atoms with Crippen molar-refractivity contribution in [2.45, 2.75) is 39.2 Å². The van der Waals surface area contributed by atoms with Crippen LogP contribution in [0.15, 0.2) is 34.2 Å². The molecule has 0 spiro atoms. The van der Waals surface area contributed by atoms with E-state index >= 15 is 0 Å². The topological polar surface area (TPSA) is 56.7 Å². The number of carbonyl (C=O) groups excluding carboxylic acids is 1. The van der Waals surface area contributed by atoms with Crippen molar-refractivity contribution in [1.82, 2.24) is 15.5 Å². The summed E-state index contributed by atoms with van der Waals surface area (Å²) in [5, 5.41) is 7.01. The molecule has 7 heteroatoms. The number of likely N-dealkylation sites (tertiary alicyclic amines) is 1. The summed E-state index contributed by atoms with van der Waals surface area (Å²) in [6.07, 6.45) is 6.73. The highest BCUT2D eigenvalue weighted by atomic mass is 35.5. The molecule has 154 valence electrons. The Morgan fingerprint density at radius 2 is 2.11 bits per heavy atom. The summed E-state index contributed by atoms with van der Waals surface area (Å²) in [5.74, 6) is -0.0839. The van der Waals surface area contributed by atoms with Gasteiger partial charge in [-0.1, -0.05) is 23.9 Å². The lowest BCUT2D eigenvalue weighted by atomic mass is 9.98. The predicted molar refractivity (Wildman–Crippen MR) is 122 cm³/mol. The van der Waals surface area contributed by atoms with Gasteiger partial charge in [0.25, 0.3) is 5.91 Å². The van der Waals surface area contributed by atoms with Crippen molar-refractivity contribution in [1.29, 1.82) is 0 Å². The Balaban J connectivity index is 0.00000280. The van der Waals surface area contributed by atoms with Crippen LogP contribution in [0, 0.1) is 0 Å². The number of rotatable bonds is 5. The van der Waals surface area contributed by atoms with Crippen LogP contribution in [0.2, 0.25) is 0 Å². The summed E-state index contributed by atoms with van der Waals surface area (Å²) in [6.45, 7) is 7.41. The van der Waals surface area contributed by atoms with Crippen LogP contribution in [0.4, 0.5) is 0 Å². The number of allylic oxidation sites excluding steroid dienone is 1. The Morgan fingerprint density at radius 1 is 1.32 bits per heavy atom.